The van der Waals surface area contributed by atoms with Crippen molar-refractivity contribution in [2.24, 2.45) is 0 Å². The number of rotatable bonds is 5. The van der Waals surface area contributed by atoms with Crippen LogP contribution < -0.4 is 5.32 Å². The van der Waals surface area contributed by atoms with Gasteiger partial charge in [-0.1, -0.05) is 20.8 Å². The highest BCUT2D eigenvalue weighted by molar-refractivity contribution is 5.83. The fourth-order valence-electron chi connectivity index (χ4n) is 2.91. The summed E-state index contributed by atoms with van der Waals surface area (Å²) in [5.41, 5.74) is 4.50. The zero-order chi connectivity index (χ0) is 16.4. The molecule has 0 aliphatic heterocycles. The van der Waals surface area contributed by atoms with E-state index in [0.717, 1.165) is 30.4 Å². The van der Waals surface area contributed by atoms with Gasteiger partial charge in [-0.2, -0.15) is 5.10 Å². The van der Waals surface area contributed by atoms with Crippen LogP contribution in [0.2, 0.25) is 0 Å². The summed E-state index contributed by atoms with van der Waals surface area (Å²) in [5, 5.41) is 11.8. The molecule has 0 unspecified atom stereocenters. The molecule has 3 aromatic rings. The number of aromatic nitrogens is 3. The van der Waals surface area contributed by atoms with Crippen molar-refractivity contribution in [3.05, 3.63) is 53.2 Å². The van der Waals surface area contributed by atoms with E-state index in [4.69, 9.17) is 0 Å². The molecule has 0 atom stereocenters. The predicted molar refractivity (Wildman–Crippen MR) is 91.0 cm³/mol. The van der Waals surface area contributed by atoms with E-state index >= 15 is 0 Å². The Bertz CT molecular complexity index is 795. The van der Waals surface area contributed by atoms with Gasteiger partial charge in [-0.3, -0.25) is 5.10 Å². The topological polar surface area (TPSA) is 56.5 Å². The summed E-state index contributed by atoms with van der Waals surface area (Å²) in [6, 6.07) is 4.88. The largest absolute Gasteiger partial charge is 0.361 e. The number of benzene rings is 1. The van der Waals surface area contributed by atoms with Crippen molar-refractivity contribution in [2.75, 3.05) is 6.54 Å². The zero-order valence-corrected chi connectivity index (χ0v) is 13.8. The molecule has 3 N–H and O–H groups in total. The first-order valence-electron chi connectivity index (χ1n) is 7.94. The zero-order valence-electron chi connectivity index (χ0n) is 13.8. The fraction of sp³-hybridized carbons (Fsp3) is 0.389. The van der Waals surface area contributed by atoms with Gasteiger partial charge in [0.2, 0.25) is 0 Å². The van der Waals surface area contributed by atoms with E-state index in [2.05, 4.69) is 41.3 Å². The van der Waals surface area contributed by atoms with Gasteiger partial charge in [0.25, 0.3) is 0 Å². The van der Waals surface area contributed by atoms with E-state index in [0.29, 0.717) is 0 Å². The van der Waals surface area contributed by atoms with Crippen molar-refractivity contribution >= 4 is 10.9 Å². The maximum absolute atomic E-state index is 13.2. The normalized spacial score (nSPS) is 12.2. The number of H-pyrrole nitrogens is 2. The molecule has 3 rings (SSSR count). The highest BCUT2D eigenvalue weighted by Gasteiger charge is 2.19. The Kier molecular flexibility index (Phi) is 4.22. The van der Waals surface area contributed by atoms with E-state index in [1.807, 2.05) is 18.5 Å². The quantitative estimate of drug-likeness (QED) is 0.630. The molecule has 0 fully saturated rings. The number of hydrogen-bond acceptors (Lipinski definition) is 2. The number of nitrogens with one attached hydrogen (secondary N) is 3. The highest BCUT2D eigenvalue weighted by atomic mass is 19.1. The minimum absolute atomic E-state index is 0.0639. The molecule has 2 aromatic heterocycles. The van der Waals surface area contributed by atoms with Crippen molar-refractivity contribution in [3.8, 4) is 0 Å². The van der Waals surface area contributed by atoms with Gasteiger partial charge in [0.15, 0.2) is 0 Å². The van der Waals surface area contributed by atoms with Crippen LogP contribution in [0.3, 0.4) is 0 Å². The molecule has 0 spiro atoms. The SMILES string of the molecule is CC(C)(C)c1[nH]ncc1CNCCc1c[nH]c2cc(F)ccc12. The van der Waals surface area contributed by atoms with E-state index in [9.17, 15) is 4.39 Å². The molecule has 23 heavy (non-hydrogen) atoms. The summed E-state index contributed by atoms with van der Waals surface area (Å²) in [5.74, 6) is -0.210. The molecule has 0 radical (unpaired) electrons. The number of fused-ring (bicyclic) bond motifs is 1. The van der Waals surface area contributed by atoms with Gasteiger partial charge in [-0.15, -0.1) is 0 Å². The molecular weight excluding hydrogens is 291 g/mol. The third-order valence-electron chi connectivity index (χ3n) is 4.08. The molecule has 2 heterocycles. The molecule has 0 saturated heterocycles. The van der Waals surface area contributed by atoms with Crippen LogP contribution in [0, 0.1) is 5.82 Å². The van der Waals surface area contributed by atoms with Crippen LogP contribution >= 0.6 is 0 Å². The average molecular weight is 314 g/mol. The smallest absolute Gasteiger partial charge is 0.125 e. The van der Waals surface area contributed by atoms with Gasteiger partial charge in [0.05, 0.1) is 6.20 Å². The van der Waals surface area contributed by atoms with E-state index in [-0.39, 0.29) is 11.2 Å². The summed E-state index contributed by atoms with van der Waals surface area (Å²) in [4.78, 5) is 3.13. The molecule has 0 aliphatic carbocycles. The van der Waals surface area contributed by atoms with Crippen LogP contribution in [0.25, 0.3) is 10.9 Å². The van der Waals surface area contributed by atoms with Crippen molar-refractivity contribution in [1.82, 2.24) is 20.5 Å². The monoisotopic (exact) mass is 314 g/mol. The van der Waals surface area contributed by atoms with Gasteiger partial charge in [0.1, 0.15) is 5.82 Å². The summed E-state index contributed by atoms with van der Waals surface area (Å²) in [7, 11) is 0. The molecule has 0 amide bonds. The lowest BCUT2D eigenvalue weighted by Crippen LogP contribution is -2.20. The minimum atomic E-state index is -0.210. The fourth-order valence-corrected chi connectivity index (χ4v) is 2.91. The molecular formula is C18H23FN4. The Balaban J connectivity index is 1.59. The Hall–Kier alpha value is -2.14. The van der Waals surface area contributed by atoms with Gasteiger partial charge in [-0.05, 0) is 36.7 Å². The third kappa shape index (κ3) is 3.45. The standard InChI is InChI=1S/C18H23FN4/c1-18(2,3)17-13(11-22-23-17)9-20-7-6-12-10-21-16-8-14(19)4-5-15(12)16/h4-5,8,10-11,20-21H,6-7,9H2,1-3H3,(H,22,23). The summed E-state index contributed by atoms with van der Waals surface area (Å²) < 4.78 is 13.2. The lowest BCUT2D eigenvalue weighted by atomic mass is 9.89. The second-order valence-electron chi connectivity index (χ2n) is 6.95. The number of hydrogen-bond donors (Lipinski definition) is 3. The van der Waals surface area contributed by atoms with Crippen LogP contribution in [-0.4, -0.2) is 21.7 Å². The van der Waals surface area contributed by atoms with Crippen LogP contribution in [0.5, 0.6) is 0 Å². The van der Waals surface area contributed by atoms with E-state index < -0.39 is 0 Å². The van der Waals surface area contributed by atoms with Crippen LogP contribution in [0.1, 0.15) is 37.6 Å². The molecule has 122 valence electrons. The molecule has 0 aliphatic rings. The molecule has 0 bridgehead atoms. The lowest BCUT2D eigenvalue weighted by Gasteiger charge is -2.18. The molecule has 4 nitrogen and oxygen atoms in total. The maximum atomic E-state index is 13.2. The van der Waals surface area contributed by atoms with Gasteiger partial charge in [-0.25, -0.2) is 4.39 Å². The summed E-state index contributed by atoms with van der Waals surface area (Å²) in [6.45, 7) is 8.18. The number of halogens is 1. The van der Waals surface area contributed by atoms with Gasteiger partial charge >= 0.3 is 0 Å². The van der Waals surface area contributed by atoms with Crippen LogP contribution in [-0.2, 0) is 18.4 Å². The van der Waals surface area contributed by atoms with Crippen molar-refractivity contribution < 1.29 is 4.39 Å². The lowest BCUT2D eigenvalue weighted by molar-refractivity contribution is 0.554. The second-order valence-corrected chi connectivity index (χ2v) is 6.95. The van der Waals surface area contributed by atoms with Crippen molar-refractivity contribution in [1.29, 1.82) is 0 Å². The van der Waals surface area contributed by atoms with Crippen LogP contribution in [0.15, 0.2) is 30.6 Å². The Labute approximate surface area is 135 Å². The molecule has 1 aromatic carbocycles. The second kappa shape index (κ2) is 6.16. The molecule has 0 saturated carbocycles. The average Bonchev–Trinajstić information content (AvgIpc) is 3.09. The molecule has 5 heteroatoms. The maximum Gasteiger partial charge on any atom is 0.125 e. The minimum Gasteiger partial charge on any atom is -0.361 e. The van der Waals surface area contributed by atoms with Crippen molar-refractivity contribution in [2.45, 2.75) is 39.2 Å². The first-order valence-corrected chi connectivity index (χ1v) is 7.94. The first kappa shape index (κ1) is 15.7. The first-order chi connectivity index (χ1) is 10.9. The highest BCUT2D eigenvalue weighted by Crippen LogP contribution is 2.23. The van der Waals surface area contributed by atoms with Gasteiger partial charge < -0.3 is 10.3 Å². The Morgan fingerprint density at radius 3 is 2.83 bits per heavy atom. The third-order valence-corrected chi connectivity index (χ3v) is 4.08. The van der Waals surface area contributed by atoms with E-state index in [1.54, 1.807) is 0 Å². The number of nitrogens with zero attached hydrogens (tertiary/aromatic N) is 1. The van der Waals surface area contributed by atoms with Crippen molar-refractivity contribution in [3.63, 3.8) is 0 Å². The summed E-state index contributed by atoms with van der Waals surface area (Å²) >= 11 is 0. The summed E-state index contributed by atoms with van der Waals surface area (Å²) in [6.07, 6.45) is 4.75. The van der Waals surface area contributed by atoms with Crippen LogP contribution in [0.4, 0.5) is 4.39 Å². The number of aromatic amines is 2. The Morgan fingerprint density at radius 2 is 2.04 bits per heavy atom. The Morgan fingerprint density at radius 1 is 1.22 bits per heavy atom. The predicted octanol–water partition coefficient (Wildman–Crippen LogP) is 3.66. The van der Waals surface area contributed by atoms with Gasteiger partial charge in [0, 0.05) is 40.3 Å². The van der Waals surface area contributed by atoms with E-state index in [1.165, 1.54) is 29.0 Å².